The SMILES string of the molecule is CC1(C)[C@H](NC(=O)c2ccc(N3CCC(C=O)CC3)nc2)C(C)(C)[C@H]1Oc1ccc(C#N)c2ncccc12. The monoisotopic (exact) mass is 511 g/mol. The zero-order valence-electron chi connectivity index (χ0n) is 22.3. The fourth-order valence-electron chi connectivity index (χ4n) is 6.45. The lowest BCUT2D eigenvalue weighted by atomic mass is 9.49. The molecule has 3 heterocycles. The van der Waals surface area contributed by atoms with Gasteiger partial charge in [0.15, 0.2) is 0 Å². The second-order valence-electron chi connectivity index (χ2n) is 11.5. The van der Waals surface area contributed by atoms with Crippen molar-refractivity contribution in [3.8, 4) is 11.8 Å². The molecule has 1 aromatic carbocycles. The minimum Gasteiger partial charge on any atom is -0.488 e. The Kier molecular flexibility index (Phi) is 6.56. The number of carbonyl (C=O) groups excluding carboxylic acids is 2. The molecule has 1 saturated carbocycles. The van der Waals surface area contributed by atoms with E-state index in [1.807, 2.05) is 30.3 Å². The summed E-state index contributed by atoms with van der Waals surface area (Å²) in [6.07, 6.45) is 5.83. The first kappa shape index (κ1) is 25.7. The lowest BCUT2D eigenvalue weighted by molar-refractivity contribution is -0.163. The number of nitrogens with zero attached hydrogens (tertiary/aromatic N) is 4. The first-order valence-electron chi connectivity index (χ1n) is 13.1. The van der Waals surface area contributed by atoms with Crippen LogP contribution in [0.3, 0.4) is 0 Å². The predicted octanol–water partition coefficient (Wildman–Crippen LogP) is 4.53. The standard InChI is InChI=1S/C30H33N5O3/c1-29(2)27(34-26(37)21-8-10-24(33-17-21)35-14-11-19(18-36)12-15-35)30(3,4)28(29)38-23-9-7-20(16-31)25-22(23)6-5-13-32-25/h5-10,13,17-19,27-28H,11-12,14-15H2,1-4H3,(H,34,37)/t27-,28-. The molecule has 196 valence electrons. The van der Waals surface area contributed by atoms with Crippen molar-refractivity contribution < 1.29 is 14.3 Å². The fourth-order valence-corrected chi connectivity index (χ4v) is 6.45. The highest BCUT2D eigenvalue weighted by molar-refractivity contribution is 5.94. The average Bonchev–Trinajstić information content (AvgIpc) is 2.94. The van der Waals surface area contributed by atoms with Gasteiger partial charge in [0.05, 0.1) is 16.6 Å². The number of piperidine rings is 1. The Balaban J connectivity index is 1.28. The molecule has 2 aliphatic rings. The van der Waals surface area contributed by atoms with E-state index in [9.17, 15) is 14.9 Å². The van der Waals surface area contributed by atoms with Gasteiger partial charge < -0.3 is 19.7 Å². The van der Waals surface area contributed by atoms with Crippen molar-refractivity contribution in [2.75, 3.05) is 18.0 Å². The zero-order valence-corrected chi connectivity index (χ0v) is 22.3. The third-order valence-corrected chi connectivity index (χ3v) is 8.28. The van der Waals surface area contributed by atoms with Crippen LogP contribution >= 0.6 is 0 Å². The van der Waals surface area contributed by atoms with Crippen LogP contribution in [0.15, 0.2) is 48.8 Å². The summed E-state index contributed by atoms with van der Waals surface area (Å²) in [7, 11) is 0. The van der Waals surface area contributed by atoms with Crippen LogP contribution in [0.1, 0.15) is 56.5 Å². The number of carbonyl (C=O) groups is 2. The average molecular weight is 512 g/mol. The van der Waals surface area contributed by atoms with E-state index < -0.39 is 0 Å². The number of aldehydes is 1. The molecule has 2 aromatic heterocycles. The van der Waals surface area contributed by atoms with Gasteiger partial charge in [-0.2, -0.15) is 5.26 Å². The highest BCUT2D eigenvalue weighted by Crippen LogP contribution is 2.56. The zero-order chi connectivity index (χ0) is 27.1. The molecule has 5 rings (SSSR count). The van der Waals surface area contributed by atoms with E-state index in [-0.39, 0.29) is 34.8 Å². The number of pyridine rings is 2. The lowest BCUT2D eigenvalue weighted by Crippen LogP contribution is -2.74. The molecule has 1 amide bonds. The number of rotatable bonds is 6. The Hall–Kier alpha value is -3.99. The Bertz CT molecular complexity index is 1390. The third-order valence-electron chi connectivity index (χ3n) is 8.28. The van der Waals surface area contributed by atoms with E-state index >= 15 is 0 Å². The number of anilines is 1. The molecule has 0 radical (unpaired) electrons. The maximum Gasteiger partial charge on any atom is 0.253 e. The first-order valence-corrected chi connectivity index (χ1v) is 13.1. The van der Waals surface area contributed by atoms with Crippen molar-refractivity contribution in [3.05, 3.63) is 59.9 Å². The minimum absolute atomic E-state index is 0.127. The van der Waals surface area contributed by atoms with Crippen LogP contribution in [0.2, 0.25) is 0 Å². The van der Waals surface area contributed by atoms with E-state index in [1.54, 1.807) is 18.5 Å². The molecule has 0 atom stereocenters. The number of nitrogens with one attached hydrogen (secondary N) is 1. The molecule has 1 saturated heterocycles. The van der Waals surface area contributed by atoms with Crippen molar-refractivity contribution >= 4 is 28.9 Å². The van der Waals surface area contributed by atoms with Gasteiger partial charge in [-0.3, -0.25) is 9.78 Å². The van der Waals surface area contributed by atoms with Crippen molar-refractivity contribution in [2.45, 2.75) is 52.7 Å². The second-order valence-corrected chi connectivity index (χ2v) is 11.5. The summed E-state index contributed by atoms with van der Waals surface area (Å²) in [5.41, 5.74) is 0.943. The van der Waals surface area contributed by atoms with Gasteiger partial charge >= 0.3 is 0 Å². The summed E-state index contributed by atoms with van der Waals surface area (Å²) in [5, 5.41) is 13.5. The van der Waals surface area contributed by atoms with Gasteiger partial charge in [0.2, 0.25) is 0 Å². The van der Waals surface area contributed by atoms with Gasteiger partial charge in [-0.05, 0) is 49.2 Å². The second kappa shape index (κ2) is 9.71. The fraction of sp³-hybridized carbons (Fsp3) is 0.433. The maximum absolute atomic E-state index is 13.2. The lowest BCUT2D eigenvalue weighted by Gasteiger charge is -2.63. The highest BCUT2D eigenvalue weighted by atomic mass is 16.5. The third kappa shape index (κ3) is 4.36. The van der Waals surface area contributed by atoms with E-state index in [1.165, 1.54) is 0 Å². The smallest absolute Gasteiger partial charge is 0.253 e. The summed E-state index contributed by atoms with van der Waals surface area (Å²) in [6, 6.07) is 13.1. The van der Waals surface area contributed by atoms with Crippen molar-refractivity contribution in [2.24, 2.45) is 16.7 Å². The van der Waals surface area contributed by atoms with Crippen LogP contribution in [0.25, 0.3) is 10.9 Å². The Morgan fingerprint density at radius 1 is 1.11 bits per heavy atom. The summed E-state index contributed by atoms with van der Waals surface area (Å²) in [6.45, 7) is 9.98. The molecule has 38 heavy (non-hydrogen) atoms. The van der Waals surface area contributed by atoms with Crippen molar-refractivity contribution in [3.63, 3.8) is 0 Å². The van der Waals surface area contributed by atoms with Gasteiger partial charge in [0, 0.05) is 53.7 Å². The Morgan fingerprint density at radius 2 is 1.84 bits per heavy atom. The molecule has 8 nitrogen and oxygen atoms in total. The van der Waals surface area contributed by atoms with Gasteiger partial charge in [-0.15, -0.1) is 0 Å². The van der Waals surface area contributed by atoms with Gasteiger partial charge in [0.1, 0.15) is 30.0 Å². The molecule has 0 spiro atoms. The number of hydrogen-bond donors (Lipinski definition) is 1. The van der Waals surface area contributed by atoms with Crippen molar-refractivity contribution in [1.29, 1.82) is 5.26 Å². The number of ether oxygens (including phenoxy) is 1. The van der Waals surface area contributed by atoms with Gasteiger partial charge in [-0.1, -0.05) is 27.7 Å². The summed E-state index contributed by atoms with van der Waals surface area (Å²) >= 11 is 0. The van der Waals surface area contributed by atoms with E-state index in [0.29, 0.717) is 22.4 Å². The van der Waals surface area contributed by atoms with Crippen LogP contribution in [0, 0.1) is 28.1 Å². The molecule has 1 aliphatic heterocycles. The molecule has 1 N–H and O–H groups in total. The number of benzene rings is 1. The van der Waals surface area contributed by atoms with E-state index in [0.717, 1.165) is 43.4 Å². The van der Waals surface area contributed by atoms with E-state index in [2.05, 4.69) is 53.9 Å². The molecule has 0 bridgehead atoms. The molecular formula is C30H33N5O3. The van der Waals surface area contributed by atoms with Crippen molar-refractivity contribution in [1.82, 2.24) is 15.3 Å². The molecule has 8 heteroatoms. The highest BCUT2D eigenvalue weighted by Gasteiger charge is 2.64. The molecule has 2 fully saturated rings. The topological polar surface area (TPSA) is 108 Å². The van der Waals surface area contributed by atoms with Gasteiger partial charge in [-0.25, -0.2) is 4.98 Å². The summed E-state index contributed by atoms with van der Waals surface area (Å²) in [5.74, 6) is 1.47. The largest absolute Gasteiger partial charge is 0.488 e. The summed E-state index contributed by atoms with van der Waals surface area (Å²) < 4.78 is 6.57. The Morgan fingerprint density at radius 3 is 2.47 bits per heavy atom. The Labute approximate surface area is 223 Å². The van der Waals surface area contributed by atoms with Crippen LogP contribution in [0.4, 0.5) is 5.82 Å². The quantitative estimate of drug-likeness (QED) is 0.485. The van der Waals surface area contributed by atoms with Crippen LogP contribution in [-0.4, -0.2) is 47.4 Å². The molecule has 1 aliphatic carbocycles. The molecular weight excluding hydrogens is 478 g/mol. The number of fused-ring (bicyclic) bond motifs is 1. The van der Waals surface area contributed by atoms with Crippen LogP contribution in [-0.2, 0) is 4.79 Å². The van der Waals surface area contributed by atoms with Gasteiger partial charge in [0.25, 0.3) is 5.91 Å². The summed E-state index contributed by atoms with van der Waals surface area (Å²) in [4.78, 5) is 35.3. The number of nitriles is 1. The number of amides is 1. The number of aromatic nitrogens is 2. The maximum atomic E-state index is 13.2. The van der Waals surface area contributed by atoms with E-state index in [4.69, 9.17) is 4.74 Å². The number of hydrogen-bond acceptors (Lipinski definition) is 7. The van der Waals surface area contributed by atoms with Crippen LogP contribution < -0.4 is 15.0 Å². The normalized spacial score (nSPS) is 22.2. The molecule has 3 aromatic rings. The van der Waals surface area contributed by atoms with Crippen LogP contribution in [0.5, 0.6) is 5.75 Å². The molecule has 0 unspecified atom stereocenters. The predicted molar refractivity (Wildman–Crippen MR) is 145 cm³/mol. The first-order chi connectivity index (χ1) is 18.2. The minimum atomic E-state index is -0.349.